The van der Waals surface area contributed by atoms with Crippen LogP contribution in [-0.2, 0) is 17.8 Å². The Morgan fingerprint density at radius 1 is 1.30 bits per heavy atom. The third-order valence-electron chi connectivity index (χ3n) is 3.54. The van der Waals surface area contributed by atoms with E-state index < -0.39 is 0 Å². The van der Waals surface area contributed by atoms with Gasteiger partial charge in [0, 0.05) is 19.2 Å². The second-order valence-electron chi connectivity index (χ2n) is 5.43. The van der Waals surface area contributed by atoms with Crippen LogP contribution in [0, 0.1) is 5.92 Å². The van der Waals surface area contributed by atoms with Gasteiger partial charge in [0.05, 0.1) is 11.9 Å². The summed E-state index contributed by atoms with van der Waals surface area (Å²) in [5.74, 6) is 0.830. The van der Waals surface area contributed by atoms with Crippen molar-refractivity contribution in [3.63, 3.8) is 0 Å². The number of benzene rings is 1. The van der Waals surface area contributed by atoms with Crippen LogP contribution < -0.4 is 5.32 Å². The van der Waals surface area contributed by atoms with Crippen molar-refractivity contribution in [1.82, 2.24) is 9.78 Å². The maximum atomic E-state index is 11.9. The van der Waals surface area contributed by atoms with Crippen molar-refractivity contribution in [2.24, 2.45) is 5.92 Å². The summed E-state index contributed by atoms with van der Waals surface area (Å²) < 4.78 is 1.92. The van der Waals surface area contributed by atoms with E-state index in [1.165, 1.54) is 18.4 Å². The van der Waals surface area contributed by atoms with Gasteiger partial charge in [0.15, 0.2) is 0 Å². The summed E-state index contributed by atoms with van der Waals surface area (Å²) in [4.78, 5) is 11.9. The number of carbonyl (C=O) groups excluding carboxylic acids is 1. The first-order chi connectivity index (χ1) is 9.79. The van der Waals surface area contributed by atoms with Gasteiger partial charge in [0.1, 0.15) is 0 Å². The lowest BCUT2D eigenvalue weighted by atomic mass is 10.1. The number of hydrogen-bond donors (Lipinski definition) is 1. The van der Waals surface area contributed by atoms with Crippen molar-refractivity contribution in [3.05, 3.63) is 48.3 Å². The van der Waals surface area contributed by atoms with E-state index in [1.807, 2.05) is 41.2 Å². The fraction of sp³-hybridized carbons (Fsp3) is 0.375. The molecule has 20 heavy (non-hydrogen) atoms. The number of aromatic nitrogens is 2. The van der Waals surface area contributed by atoms with E-state index >= 15 is 0 Å². The van der Waals surface area contributed by atoms with Crippen LogP contribution >= 0.6 is 0 Å². The van der Waals surface area contributed by atoms with Gasteiger partial charge in [-0.3, -0.25) is 9.48 Å². The Morgan fingerprint density at radius 3 is 2.85 bits per heavy atom. The van der Waals surface area contributed by atoms with Crippen LogP contribution in [0.15, 0.2) is 42.7 Å². The van der Waals surface area contributed by atoms with Gasteiger partial charge in [0.2, 0.25) is 5.91 Å². The largest absolute Gasteiger partial charge is 0.323 e. The topological polar surface area (TPSA) is 46.9 Å². The van der Waals surface area contributed by atoms with Gasteiger partial charge >= 0.3 is 0 Å². The van der Waals surface area contributed by atoms with E-state index in [2.05, 4.69) is 10.4 Å². The highest BCUT2D eigenvalue weighted by Crippen LogP contribution is 2.30. The first-order valence-corrected chi connectivity index (χ1v) is 7.16. The molecule has 1 saturated carbocycles. The SMILES string of the molecule is O=C(CCc1ccccc1)Nc1cnn(CC2CC2)c1. The van der Waals surface area contributed by atoms with Gasteiger partial charge in [-0.1, -0.05) is 30.3 Å². The number of nitrogens with zero attached hydrogens (tertiary/aromatic N) is 2. The molecule has 0 spiro atoms. The fourth-order valence-electron chi connectivity index (χ4n) is 2.22. The van der Waals surface area contributed by atoms with Crippen molar-refractivity contribution in [2.45, 2.75) is 32.2 Å². The number of anilines is 1. The molecule has 0 radical (unpaired) electrons. The zero-order valence-electron chi connectivity index (χ0n) is 11.5. The lowest BCUT2D eigenvalue weighted by Gasteiger charge is -2.02. The Hall–Kier alpha value is -2.10. The van der Waals surface area contributed by atoms with Crippen LogP contribution in [0.1, 0.15) is 24.8 Å². The van der Waals surface area contributed by atoms with Gasteiger partial charge in [0.25, 0.3) is 0 Å². The van der Waals surface area contributed by atoms with Gasteiger partial charge in [-0.05, 0) is 30.7 Å². The van der Waals surface area contributed by atoms with Crippen molar-refractivity contribution in [3.8, 4) is 0 Å². The van der Waals surface area contributed by atoms with E-state index in [0.29, 0.717) is 6.42 Å². The average Bonchev–Trinajstić information content (AvgIpc) is 3.17. The Morgan fingerprint density at radius 2 is 2.10 bits per heavy atom. The number of amides is 1. The van der Waals surface area contributed by atoms with Crippen LogP contribution in [0.2, 0.25) is 0 Å². The summed E-state index contributed by atoms with van der Waals surface area (Å²) in [6.07, 6.45) is 7.51. The van der Waals surface area contributed by atoms with E-state index in [0.717, 1.165) is 24.6 Å². The molecule has 1 fully saturated rings. The van der Waals surface area contributed by atoms with Crippen LogP contribution in [0.5, 0.6) is 0 Å². The highest BCUT2D eigenvalue weighted by molar-refractivity contribution is 5.90. The Bertz CT molecular complexity index is 572. The normalized spacial score (nSPS) is 14.2. The zero-order chi connectivity index (χ0) is 13.8. The minimum Gasteiger partial charge on any atom is -0.323 e. The summed E-state index contributed by atoms with van der Waals surface area (Å²) in [5.41, 5.74) is 1.98. The number of carbonyl (C=O) groups is 1. The highest BCUT2D eigenvalue weighted by Gasteiger charge is 2.22. The van der Waals surface area contributed by atoms with E-state index in [9.17, 15) is 4.79 Å². The first-order valence-electron chi connectivity index (χ1n) is 7.16. The quantitative estimate of drug-likeness (QED) is 0.876. The van der Waals surface area contributed by atoms with E-state index in [-0.39, 0.29) is 5.91 Å². The van der Waals surface area contributed by atoms with Crippen LogP contribution in [0.4, 0.5) is 5.69 Å². The predicted octanol–water partition coefficient (Wildman–Crippen LogP) is 2.86. The van der Waals surface area contributed by atoms with Crippen LogP contribution in [-0.4, -0.2) is 15.7 Å². The predicted molar refractivity (Wildman–Crippen MR) is 78.3 cm³/mol. The van der Waals surface area contributed by atoms with Gasteiger partial charge in [-0.15, -0.1) is 0 Å². The number of aryl methyl sites for hydroxylation is 1. The van der Waals surface area contributed by atoms with E-state index in [1.54, 1.807) is 6.20 Å². The molecule has 1 aromatic carbocycles. The summed E-state index contributed by atoms with van der Waals surface area (Å²) in [5, 5.41) is 7.17. The molecule has 0 bridgehead atoms. The third-order valence-corrected chi connectivity index (χ3v) is 3.54. The van der Waals surface area contributed by atoms with Crippen molar-refractivity contribution < 1.29 is 4.79 Å². The monoisotopic (exact) mass is 269 g/mol. The average molecular weight is 269 g/mol. The smallest absolute Gasteiger partial charge is 0.224 e. The summed E-state index contributed by atoms with van der Waals surface area (Å²) >= 11 is 0. The molecule has 4 nitrogen and oxygen atoms in total. The van der Waals surface area contributed by atoms with Gasteiger partial charge in [-0.25, -0.2) is 0 Å². The zero-order valence-corrected chi connectivity index (χ0v) is 11.5. The molecule has 104 valence electrons. The number of nitrogens with one attached hydrogen (secondary N) is 1. The summed E-state index contributed by atoms with van der Waals surface area (Å²) in [6, 6.07) is 10.1. The Labute approximate surface area is 118 Å². The standard InChI is InChI=1S/C16H19N3O/c20-16(9-8-13-4-2-1-3-5-13)18-15-10-17-19(12-15)11-14-6-7-14/h1-5,10,12,14H,6-9,11H2,(H,18,20). The maximum Gasteiger partial charge on any atom is 0.224 e. The molecule has 0 saturated heterocycles. The number of hydrogen-bond acceptors (Lipinski definition) is 2. The molecule has 1 aliphatic carbocycles. The Kier molecular flexibility index (Phi) is 3.81. The minimum atomic E-state index is 0.0415. The molecular formula is C16H19N3O. The van der Waals surface area contributed by atoms with Crippen molar-refractivity contribution in [1.29, 1.82) is 0 Å². The lowest BCUT2D eigenvalue weighted by Crippen LogP contribution is -2.11. The summed E-state index contributed by atoms with van der Waals surface area (Å²) in [6.45, 7) is 0.972. The van der Waals surface area contributed by atoms with Crippen molar-refractivity contribution >= 4 is 11.6 Å². The van der Waals surface area contributed by atoms with Gasteiger partial charge < -0.3 is 5.32 Å². The fourth-order valence-corrected chi connectivity index (χ4v) is 2.22. The Balaban J connectivity index is 1.47. The lowest BCUT2D eigenvalue weighted by molar-refractivity contribution is -0.116. The molecule has 0 unspecified atom stereocenters. The minimum absolute atomic E-state index is 0.0415. The molecule has 1 heterocycles. The molecule has 1 aromatic heterocycles. The molecule has 2 aromatic rings. The van der Waals surface area contributed by atoms with Crippen LogP contribution in [0.3, 0.4) is 0 Å². The number of rotatable bonds is 6. The molecule has 1 N–H and O–H groups in total. The van der Waals surface area contributed by atoms with Crippen molar-refractivity contribution in [2.75, 3.05) is 5.32 Å². The second-order valence-corrected chi connectivity index (χ2v) is 5.43. The molecule has 1 amide bonds. The molecule has 0 aliphatic heterocycles. The summed E-state index contributed by atoms with van der Waals surface area (Å²) in [7, 11) is 0. The van der Waals surface area contributed by atoms with Gasteiger partial charge in [-0.2, -0.15) is 5.10 Å². The van der Waals surface area contributed by atoms with E-state index in [4.69, 9.17) is 0 Å². The van der Waals surface area contributed by atoms with Crippen LogP contribution in [0.25, 0.3) is 0 Å². The molecule has 3 rings (SSSR count). The maximum absolute atomic E-state index is 11.9. The second kappa shape index (κ2) is 5.90. The molecule has 0 atom stereocenters. The molecule has 1 aliphatic rings. The molecular weight excluding hydrogens is 250 g/mol. The first kappa shape index (κ1) is 12.9. The molecule has 4 heteroatoms. The third kappa shape index (κ3) is 3.70. The highest BCUT2D eigenvalue weighted by atomic mass is 16.1.